The van der Waals surface area contributed by atoms with Crippen LogP contribution in [-0.2, 0) is 17.9 Å². The minimum Gasteiger partial charge on any atom is -0.489 e. The predicted octanol–water partition coefficient (Wildman–Crippen LogP) is 3.82. The molecule has 0 aliphatic carbocycles. The normalized spacial score (nSPS) is 12.3. The van der Waals surface area contributed by atoms with E-state index in [1.165, 1.54) is 18.4 Å². The van der Waals surface area contributed by atoms with E-state index in [2.05, 4.69) is 9.98 Å². The Morgan fingerprint density at radius 1 is 1.11 bits per heavy atom. The summed E-state index contributed by atoms with van der Waals surface area (Å²) in [6.45, 7) is 6.35. The van der Waals surface area contributed by atoms with E-state index in [4.69, 9.17) is 27.9 Å². The number of hydrogen-bond donors (Lipinski definition) is 2. The summed E-state index contributed by atoms with van der Waals surface area (Å²) in [7, 11) is 0. The largest absolute Gasteiger partial charge is 0.489 e. The SMILES string of the molecule is CC(C)Oc1ccc(/N=c2\[nH]c(=O)n(CC(C)(C)C(=O)O)c(=O)n2Cc2ccc(Cl)cc2)cc1Cl. The van der Waals surface area contributed by atoms with Gasteiger partial charge in [-0.05, 0) is 63.6 Å². The maximum atomic E-state index is 13.4. The molecule has 0 aliphatic heterocycles. The third-order valence-corrected chi connectivity index (χ3v) is 5.63. The maximum Gasteiger partial charge on any atom is 0.335 e. The van der Waals surface area contributed by atoms with Gasteiger partial charge in [0.1, 0.15) is 5.75 Å². The second-order valence-corrected chi connectivity index (χ2v) is 9.76. The molecule has 0 spiro atoms. The molecule has 1 heterocycles. The fourth-order valence-corrected chi connectivity index (χ4v) is 3.54. The Morgan fingerprint density at radius 3 is 2.34 bits per heavy atom. The van der Waals surface area contributed by atoms with Gasteiger partial charge in [0.15, 0.2) is 0 Å². The van der Waals surface area contributed by atoms with Gasteiger partial charge in [0.05, 0.1) is 28.8 Å². The summed E-state index contributed by atoms with van der Waals surface area (Å²) in [5, 5.41) is 10.3. The van der Waals surface area contributed by atoms with Crippen molar-refractivity contribution in [3.8, 4) is 5.75 Å². The molecular weight excluding hydrogens is 495 g/mol. The van der Waals surface area contributed by atoms with Crippen LogP contribution >= 0.6 is 23.2 Å². The minimum atomic E-state index is -1.35. The van der Waals surface area contributed by atoms with Crippen molar-refractivity contribution in [2.24, 2.45) is 10.4 Å². The fourth-order valence-electron chi connectivity index (χ4n) is 3.19. The molecule has 1 aromatic heterocycles. The van der Waals surface area contributed by atoms with Crippen LogP contribution in [-0.4, -0.2) is 31.3 Å². The van der Waals surface area contributed by atoms with Crippen LogP contribution in [0.1, 0.15) is 33.3 Å². The van der Waals surface area contributed by atoms with Crippen molar-refractivity contribution in [1.82, 2.24) is 14.1 Å². The number of hydrogen-bond acceptors (Lipinski definition) is 5. The monoisotopic (exact) mass is 520 g/mol. The molecule has 2 aromatic carbocycles. The van der Waals surface area contributed by atoms with E-state index in [1.807, 2.05) is 13.8 Å². The highest BCUT2D eigenvalue weighted by Crippen LogP contribution is 2.29. The quantitative estimate of drug-likeness (QED) is 0.467. The van der Waals surface area contributed by atoms with Gasteiger partial charge < -0.3 is 9.84 Å². The molecule has 11 heteroatoms. The molecular formula is C24H26Cl2N4O5. The van der Waals surface area contributed by atoms with Gasteiger partial charge in [-0.15, -0.1) is 0 Å². The van der Waals surface area contributed by atoms with Crippen molar-refractivity contribution in [3.63, 3.8) is 0 Å². The number of aromatic nitrogens is 3. The first kappa shape index (κ1) is 26.3. The van der Waals surface area contributed by atoms with Crippen LogP contribution < -0.4 is 21.7 Å². The van der Waals surface area contributed by atoms with E-state index in [0.29, 0.717) is 21.5 Å². The summed E-state index contributed by atoms with van der Waals surface area (Å²) in [6, 6.07) is 11.7. The fraction of sp³-hybridized carbons (Fsp3) is 0.333. The zero-order chi connectivity index (χ0) is 25.9. The molecule has 186 valence electrons. The Balaban J connectivity index is 2.19. The Kier molecular flexibility index (Phi) is 7.92. The highest BCUT2D eigenvalue weighted by molar-refractivity contribution is 6.32. The van der Waals surface area contributed by atoms with Crippen LogP contribution in [0, 0.1) is 5.41 Å². The molecule has 35 heavy (non-hydrogen) atoms. The van der Waals surface area contributed by atoms with E-state index in [0.717, 1.165) is 10.1 Å². The third kappa shape index (κ3) is 6.43. The van der Waals surface area contributed by atoms with Crippen molar-refractivity contribution >= 4 is 34.9 Å². The lowest BCUT2D eigenvalue weighted by atomic mass is 9.94. The van der Waals surface area contributed by atoms with Crippen LogP contribution in [0.3, 0.4) is 0 Å². The van der Waals surface area contributed by atoms with Crippen molar-refractivity contribution < 1.29 is 14.6 Å². The van der Waals surface area contributed by atoms with Crippen molar-refractivity contribution in [3.05, 3.63) is 84.7 Å². The highest BCUT2D eigenvalue weighted by Gasteiger charge is 2.29. The number of carboxylic acids is 1. The zero-order valence-corrected chi connectivity index (χ0v) is 21.2. The molecule has 0 aliphatic rings. The van der Waals surface area contributed by atoms with E-state index in [-0.39, 0.29) is 24.8 Å². The molecule has 0 saturated carbocycles. The standard InChI is InChI=1S/C24H26Cl2N4O5/c1-14(2)35-19-10-9-17(11-18(19)26)27-21-28-22(33)30(13-24(3,4)20(31)32)23(34)29(21)12-15-5-7-16(25)8-6-15/h5-11,14H,12-13H2,1-4H3,(H,31,32)(H,27,28,33). The molecule has 0 saturated heterocycles. The molecule has 0 radical (unpaired) electrons. The lowest BCUT2D eigenvalue weighted by molar-refractivity contribution is -0.147. The third-order valence-electron chi connectivity index (χ3n) is 5.08. The summed E-state index contributed by atoms with van der Waals surface area (Å²) >= 11 is 12.3. The summed E-state index contributed by atoms with van der Waals surface area (Å²) in [6.07, 6.45) is -0.0733. The summed E-state index contributed by atoms with van der Waals surface area (Å²) in [5.74, 6) is -0.658. The number of nitrogens with zero attached hydrogens (tertiary/aromatic N) is 3. The average Bonchev–Trinajstić information content (AvgIpc) is 2.77. The molecule has 9 nitrogen and oxygen atoms in total. The number of nitrogens with one attached hydrogen (secondary N) is 1. The number of aromatic amines is 1. The lowest BCUT2D eigenvalue weighted by Crippen LogP contribution is -2.52. The van der Waals surface area contributed by atoms with Crippen LogP contribution in [0.15, 0.2) is 57.0 Å². The van der Waals surface area contributed by atoms with Gasteiger partial charge in [-0.2, -0.15) is 0 Å². The number of carbonyl (C=O) groups is 1. The number of H-pyrrole nitrogens is 1. The van der Waals surface area contributed by atoms with Crippen LogP contribution in [0.4, 0.5) is 5.69 Å². The Labute approximate surface area is 211 Å². The first-order valence-electron chi connectivity index (χ1n) is 10.8. The highest BCUT2D eigenvalue weighted by atomic mass is 35.5. The number of carboxylic acid groups (broad SMARTS) is 1. The van der Waals surface area contributed by atoms with E-state index in [1.54, 1.807) is 42.5 Å². The Hall–Kier alpha value is -3.30. The topological polar surface area (TPSA) is 119 Å². The van der Waals surface area contributed by atoms with Gasteiger partial charge in [0.2, 0.25) is 5.62 Å². The van der Waals surface area contributed by atoms with Gasteiger partial charge >= 0.3 is 17.3 Å². The summed E-state index contributed by atoms with van der Waals surface area (Å²) in [4.78, 5) is 44.9. The predicted molar refractivity (Wildman–Crippen MR) is 134 cm³/mol. The number of ether oxygens (including phenoxy) is 1. The number of halogens is 2. The summed E-state index contributed by atoms with van der Waals surface area (Å²) in [5.41, 5.74) is -1.75. The molecule has 0 amide bonds. The van der Waals surface area contributed by atoms with Gasteiger partial charge in [-0.3, -0.25) is 14.3 Å². The first-order chi connectivity index (χ1) is 16.4. The molecule has 0 bridgehead atoms. The molecule has 0 fully saturated rings. The number of benzene rings is 2. The zero-order valence-electron chi connectivity index (χ0n) is 19.7. The van der Waals surface area contributed by atoms with Crippen LogP contribution in [0.2, 0.25) is 10.0 Å². The second-order valence-electron chi connectivity index (χ2n) is 8.92. The number of rotatable bonds is 8. The van der Waals surface area contributed by atoms with E-state index < -0.39 is 22.8 Å². The second kappa shape index (κ2) is 10.5. The maximum absolute atomic E-state index is 13.4. The van der Waals surface area contributed by atoms with Crippen molar-refractivity contribution in [1.29, 1.82) is 0 Å². The molecule has 2 N–H and O–H groups in total. The molecule has 0 atom stereocenters. The summed E-state index contributed by atoms with van der Waals surface area (Å²) < 4.78 is 7.75. The minimum absolute atomic E-state index is 0.0204. The Morgan fingerprint density at radius 2 is 1.77 bits per heavy atom. The smallest absolute Gasteiger partial charge is 0.335 e. The number of aliphatic carboxylic acids is 1. The molecule has 0 unspecified atom stereocenters. The van der Waals surface area contributed by atoms with Gasteiger partial charge in [0.25, 0.3) is 0 Å². The van der Waals surface area contributed by atoms with Crippen molar-refractivity contribution in [2.45, 2.75) is 46.9 Å². The Bertz CT molecular complexity index is 1420. The lowest BCUT2D eigenvalue weighted by Gasteiger charge is -2.20. The van der Waals surface area contributed by atoms with Gasteiger partial charge in [-0.1, -0.05) is 35.3 Å². The van der Waals surface area contributed by atoms with Crippen molar-refractivity contribution in [2.75, 3.05) is 0 Å². The van der Waals surface area contributed by atoms with Crippen LogP contribution in [0.25, 0.3) is 0 Å². The van der Waals surface area contributed by atoms with Gasteiger partial charge in [0, 0.05) is 11.6 Å². The van der Waals surface area contributed by atoms with E-state index >= 15 is 0 Å². The van der Waals surface area contributed by atoms with Gasteiger partial charge in [-0.25, -0.2) is 19.1 Å². The first-order valence-corrected chi connectivity index (χ1v) is 11.6. The van der Waals surface area contributed by atoms with E-state index in [9.17, 15) is 19.5 Å². The molecule has 3 rings (SSSR count). The molecule has 3 aromatic rings. The van der Waals surface area contributed by atoms with Crippen LogP contribution in [0.5, 0.6) is 5.75 Å². The average molecular weight is 521 g/mol.